The van der Waals surface area contributed by atoms with Crippen LogP contribution in [-0.2, 0) is 0 Å². The van der Waals surface area contributed by atoms with Gasteiger partial charge in [0, 0.05) is 13.1 Å². The molecule has 1 aromatic rings. The van der Waals surface area contributed by atoms with Crippen molar-refractivity contribution in [2.24, 2.45) is 0 Å². The third-order valence-electron chi connectivity index (χ3n) is 2.91. The number of para-hydroxylation sites is 1. The van der Waals surface area contributed by atoms with Gasteiger partial charge in [-0.15, -0.1) is 0 Å². The number of hydrogen-bond donors (Lipinski definition) is 3. The van der Waals surface area contributed by atoms with Crippen molar-refractivity contribution in [1.29, 1.82) is 0 Å². The van der Waals surface area contributed by atoms with Gasteiger partial charge in [0.15, 0.2) is 0 Å². The van der Waals surface area contributed by atoms with Crippen LogP contribution in [0.4, 0.5) is 0 Å². The quantitative estimate of drug-likeness (QED) is 0.634. The highest BCUT2D eigenvalue weighted by Crippen LogP contribution is 2.16. The lowest BCUT2D eigenvalue weighted by Crippen LogP contribution is -2.35. The fourth-order valence-electron chi connectivity index (χ4n) is 1.82. The summed E-state index contributed by atoms with van der Waals surface area (Å²) in [4.78, 5) is 0. The van der Waals surface area contributed by atoms with E-state index in [1.54, 1.807) is 0 Å². The fourth-order valence-corrected chi connectivity index (χ4v) is 1.82. The van der Waals surface area contributed by atoms with E-state index < -0.39 is 6.10 Å². The summed E-state index contributed by atoms with van der Waals surface area (Å²) in [6.45, 7) is 5.19. The Labute approximate surface area is 115 Å². The van der Waals surface area contributed by atoms with Gasteiger partial charge in [0.1, 0.15) is 18.5 Å². The molecule has 0 saturated heterocycles. The molecule has 0 aliphatic rings. The summed E-state index contributed by atoms with van der Waals surface area (Å²) in [6, 6.07) is 7.73. The summed E-state index contributed by atoms with van der Waals surface area (Å²) in [5.74, 6) is 0.799. The Hall–Kier alpha value is -1.10. The minimum atomic E-state index is -0.576. The number of hydrogen-bond acceptors (Lipinski definition) is 4. The van der Waals surface area contributed by atoms with Crippen LogP contribution in [0.1, 0.15) is 25.3 Å². The van der Waals surface area contributed by atoms with Crippen LogP contribution in [0.5, 0.6) is 5.75 Å². The van der Waals surface area contributed by atoms with Crippen LogP contribution < -0.4 is 10.1 Å². The SMILES string of the molecule is CCCC(O)CNCC(O)COc1ccccc1C. The van der Waals surface area contributed by atoms with E-state index in [1.165, 1.54) is 0 Å². The fraction of sp³-hybridized carbons (Fsp3) is 0.600. The Kier molecular flexibility index (Phi) is 7.48. The van der Waals surface area contributed by atoms with E-state index in [0.717, 1.165) is 24.2 Å². The molecule has 4 heteroatoms. The molecule has 19 heavy (non-hydrogen) atoms. The molecule has 0 fully saturated rings. The van der Waals surface area contributed by atoms with Crippen LogP contribution in [0.2, 0.25) is 0 Å². The van der Waals surface area contributed by atoms with E-state index in [9.17, 15) is 10.2 Å². The van der Waals surface area contributed by atoms with E-state index in [4.69, 9.17) is 4.74 Å². The summed E-state index contributed by atoms with van der Waals surface area (Å²) < 4.78 is 5.55. The largest absolute Gasteiger partial charge is 0.491 e. The number of aliphatic hydroxyl groups is 2. The molecule has 1 rings (SSSR count). The maximum Gasteiger partial charge on any atom is 0.122 e. The number of ether oxygens (including phenoxy) is 1. The zero-order valence-corrected chi connectivity index (χ0v) is 11.8. The minimum absolute atomic E-state index is 0.252. The highest BCUT2D eigenvalue weighted by atomic mass is 16.5. The summed E-state index contributed by atoms with van der Waals surface area (Å²) in [5, 5.41) is 22.3. The molecule has 3 N–H and O–H groups in total. The van der Waals surface area contributed by atoms with Gasteiger partial charge in [-0.25, -0.2) is 0 Å². The average molecular weight is 267 g/mol. The summed E-state index contributed by atoms with van der Waals surface area (Å²) in [7, 11) is 0. The molecule has 4 nitrogen and oxygen atoms in total. The molecule has 2 unspecified atom stereocenters. The first kappa shape index (κ1) is 16.0. The van der Waals surface area contributed by atoms with Crippen molar-refractivity contribution in [3.63, 3.8) is 0 Å². The monoisotopic (exact) mass is 267 g/mol. The second-order valence-electron chi connectivity index (χ2n) is 4.83. The van der Waals surface area contributed by atoms with Gasteiger partial charge >= 0.3 is 0 Å². The van der Waals surface area contributed by atoms with Gasteiger partial charge in [0.05, 0.1) is 6.10 Å². The van der Waals surface area contributed by atoms with Crippen molar-refractivity contribution in [3.8, 4) is 5.75 Å². The van der Waals surface area contributed by atoms with Crippen LogP contribution >= 0.6 is 0 Å². The first-order valence-electron chi connectivity index (χ1n) is 6.88. The first-order chi connectivity index (χ1) is 9.13. The molecule has 0 saturated carbocycles. The molecule has 0 spiro atoms. The molecular formula is C15H25NO3. The van der Waals surface area contributed by atoms with Crippen LogP contribution in [0.3, 0.4) is 0 Å². The predicted octanol–water partition coefficient (Wildman–Crippen LogP) is 1.49. The van der Waals surface area contributed by atoms with Crippen molar-refractivity contribution in [1.82, 2.24) is 5.32 Å². The number of aryl methyl sites for hydroxylation is 1. The van der Waals surface area contributed by atoms with Gasteiger partial charge in [0.25, 0.3) is 0 Å². The van der Waals surface area contributed by atoms with Gasteiger partial charge in [-0.05, 0) is 25.0 Å². The Morgan fingerprint density at radius 2 is 1.84 bits per heavy atom. The molecule has 0 aliphatic carbocycles. The van der Waals surface area contributed by atoms with Crippen LogP contribution in [0, 0.1) is 6.92 Å². The lowest BCUT2D eigenvalue weighted by Gasteiger charge is -2.16. The first-order valence-corrected chi connectivity index (χ1v) is 6.88. The Balaban J connectivity index is 2.18. The normalized spacial score (nSPS) is 14.1. The maximum absolute atomic E-state index is 9.78. The third kappa shape index (κ3) is 6.57. The topological polar surface area (TPSA) is 61.7 Å². The van der Waals surface area contributed by atoms with Crippen LogP contribution in [0.15, 0.2) is 24.3 Å². The lowest BCUT2D eigenvalue weighted by atomic mass is 10.2. The van der Waals surface area contributed by atoms with Crippen molar-refractivity contribution >= 4 is 0 Å². The van der Waals surface area contributed by atoms with Crippen LogP contribution in [0.25, 0.3) is 0 Å². The molecule has 0 bridgehead atoms. The molecular weight excluding hydrogens is 242 g/mol. The average Bonchev–Trinajstić information content (AvgIpc) is 2.38. The molecule has 108 valence electrons. The molecule has 0 aliphatic heterocycles. The van der Waals surface area contributed by atoms with E-state index in [2.05, 4.69) is 5.32 Å². The maximum atomic E-state index is 9.78. The third-order valence-corrected chi connectivity index (χ3v) is 2.91. The van der Waals surface area contributed by atoms with Crippen molar-refractivity contribution < 1.29 is 14.9 Å². The molecule has 2 atom stereocenters. The van der Waals surface area contributed by atoms with Gasteiger partial charge in [-0.3, -0.25) is 0 Å². The molecule has 0 aromatic heterocycles. The molecule has 0 amide bonds. The zero-order valence-electron chi connectivity index (χ0n) is 11.8. The van der Waals surface area contributed by atoms with Crippen molar-refractivity contribution in [2.75, 3.05) is 19.7 Å². The smallest absolute Gasteiger partial charge is 0.122 e. The minimum Gasteiger partial charge on any atom is -0.491 e. The molecule has 1 aromatic carbocycles. The highest BCUT2D eigenvalue weighted by Gasteiger charge is 2.08. The second kappa shape index (κ2) is 8.91. The van der Waals surface area contributed by atoms with E-state index in [0.29, 0.717) is 13.1 Å². The number of rotatable bonds is 9. The number of nitrogens with one attached hydrogen (secondary N) is 1. The Morgan fingerprint density at radius 3 is 2.53 bits per heavy atom. The molecule has 0 radical (unpaired) electrons. The second-order valence-corrected chi connectivity index (χ2v) is 4.83. The van der Waals surface area contributed by atoms with Gasteiger partial charge in [0.2, 0.25) is 0 Å². The number of benzene rings is 1. The Morgan fingerprint density at radius 1 is 1.16 bits per heavy atom. The predicted molar refractivity (Wildman–Crippen MR) is 76.5 cm³/mol. The summed E-state index contributed by atoms with van der Waals surface area (Å²) in [5.41, 5.74) is 1.06. The van der Waals surface area contributed by atoms with Crippen molar-refractivity contribution in [2.45, 2.75) is 38.9 Å². The van der Waals surface area contributed by atoms with E-state index in [-0.39, 0.29) is 12.7 Å². The summed E-state index contributed by atoms with van der Waals surface area (Å²) in [6.07, 6.45) is 0.827. The Bertz CT molecular complexity index is 357. The number of aliphatic hydroxyl groups excluding tert-OH is 2. The van der Waals surface area contributed by atoms with Crippen LogP contribution in [-0.4, -0.2) is 42.1 Å². The zero-order chi connectivity index (χ0) is 14.1. The van der Waals surface area contributed by atoms with E-state index >= 15 is 0 Å². The lowest BCUT2D eigenvalue weighted by molar-refractivity contribution is 0.0982. The van der Waals surface area contributed by atoms with E-state index in [1.807, 2.05) is 38.1 Å². The summed E-state index contributed by atoms with van der Waals surface area (Å²) >= 11 is 0. The van der Waals surface area contributed by atoms with Gasteiger partial charge in [-0.1, -0.05) is 31.5 Å². The van der Waals surface area contributed by atoms with Crippen molar-refractivity contribution in [3.05, 3.63) is 29.8 Å². The van der Waals surface area contributed by atoms with Gasteiger partial charge in [-0.2, -0.15) is 0 Å². The van der Waals surface area contributed by atoms with Gasteiger partial charge < -0.3 is 20.3 Å². The molecule has 0 heterocycles. The highest BCUT2D eigenvalue weighted by molar-refractivity contribution is 5.31. The standard InChI is InChI=1S/C15H25NO3/c1-3-6-13(17)9-16-10-14(18)11-19-15-8-5-4-7-12(15)2/h4-5,7-8,13-14,16-18H,3,6,9-11H2,1-2H3.